The first-order chi connectivity index (χ1) is 3.66. The van der Waals surface area contributed by atoms with Crippen LogP contribution < -0.4 is 0 Å². The summed E-state index contributed by atoms with van der Waals surface area (Å²) in [6.07, 6.45) is 0. The van der Waals surface area contributed by atoms with Gasteiger partial charge in [0.2, 0.25) is 0 Å². The van der Waals surface area contributed by atoms with Gasteiger partial charge < -0.3 is 17.7 Å². The first-order valence-corrected chi connectivity index (χ1v) is 2.93. The van der Waals surface area contributed by atoms with E-state index in [1.165, 1.54) is 5.92 Å². The molecule has 0 heterocycles. The Labute approximate surface area is 73.1 Å². The Morgan fingerprint density at radius 1 is 1.44 bits per heavy atom. The fraction of sp³-hybridized carbons (Fsp3) is 0.714. The number of hydrogen-bond donors (Lipinski definition) is 0. The van der Waals surface area contributed by atoms with E-state index in [0.29, 0.717) is 0 Å². The maximum atomic E-state index is 3.75. The molecule has 0 bridgehead atoms. The third kappa shape index (κ3) is 8.65. The minimum absolute atomic E-state index is 0. The smallest absolute Gasteiger partial charge is 0.365 e. The van der Waals surface area contributed by atoms with E-state index in [2.05, 4.69) is 32.7 Å². The molecule has 0 rings (SSSR count). The van der Waals surface area contributed by atoms with Gasteiger partial charge in [-0.05, 0) is 7.05 Å². The fourth-order valence-electron chi connectivity index (χ4n) is 0.619. The molecule has 0 aromatic heterocycles. The molecule has 2 heteroatoms. The van der Waals surface area contributed by atoms with Gasteiger partial charge in [-0.15, -0.1) is 13.1 Å². The largest absolute Gasteiger partial charge is 2.00 e. The predicted molar refractivity (Wildman–Crippen MR) is 37.4 cm³/mol. The molecule has 0 aliphatic carbocycles. The average molecular weight is 297 g/mol. The van der Waals surface area contributed by atoms with E-state index < -0.39 is 0 Å². The molecular weight excluding hydrogens is 282 g/mol. The summed E-state index contributed by atoms with van der Waals surface area (Å²) in [4.78, 5) is 2.18. The first kappa shape index (κ1) is 12.3. The molecule has 0 aliphatic heterocycles. The summed E-state index contributed by atoms with van der Waals surface area (Å²) in [7, 11) is 2.07. The van der Waals surface area contributed by atoms with E-state index in [1.54, 1.807) is 0 Å². The molecule has 9 heavy (non-hydrogen) atoms. The summed E-state index contributed by atoms with van der Waals surface area (Å²) in [6, 6.07) is 0. The molecule has 0 saturated heterocycles. The zero-order chi connectivity index (χ0) is 6.57. The van der Waals surface area contributed by atoms with Crippen LogP contribution in [0.5, 0.6) is 0 Å². The Balaban J connectivity index is 0. The molecule has 0 atom stereocenters. The van der Waals surface area contributed by atoms with E-state index in [9.17, 15) is 0 Å². The van der Waals surface area contributed by atoms with Crippen molar-refractivity contribution >= 4 is 0 Å². The van der Waals surface area contributed by atoms with Gasteiger partial charge in [0.25, 0.3) is 0 Å². The van der Waals surface area contributed by atoms with Crippen molar-refractivity contribution in [3.63, 3.8) is 0 Å². The fourth-order valence-corrected chi connectivity index (χ4v) is 0.619. The van der Waals surface area contributed by atoms with Crippen LogP contribution in [0.4, 0.5) is 0 Å². The number of hydrogen-bond acceptors (Lipinski definition) is 1. The average Bonchev–Trinajstić information content (AvgIpc) is 1.65. The van der Waals surface area contributed by atoms with Gasteiger partial charge in [0.15, 0.2) is 0 Å². The second-order valence-corrected chi connectivity index (χ2v) is 2.44. The van der Waals surface area contributed by atoms with Crippen molar-refractivity contribution in [2.75, 3.05) is 20.1 Å². The van der Waals surface area contributed by atoms with Crippen molar-refractivity contribution < 1.29 is 21.1 Å². The zero-order valence-corrected chi connectivity index (χ0v) is 9.41. The molecule has 0 aromatic rings. The van der Waals surface area contributed by atoms with Crippen LogP contribution in [0, 0.1) is 12.8 Å². The third-order valence-corrected chi connectivity index (χ3v) is 0.968. The zero-order valence-electron chi connectivity index (χ0n) is 6.48. The normalized spacial score (nSPS) is 10.0. The Kier molecular flexibility index (Phi) is 9.27. The Bertz CT molecular complexity index is 54.9. The van der Waals surface area contributed by atoms with Gasteiger partial charge in [-0.25, -0.2) is 0 Å². The molecule has 0 radical (unpaired) electrons. The minimum Gasteiger partial charge on any atom is -0.365 e. The van der Waals surface area contributed by atoms with Crippen molar-refractivity contribution in [3.8, 4) is 0 Å². The van der Waals surface area contributed by atoms with E-state index in [1.807, 2.05) is 0 Å². The van der Waals surface area contributed by atoms with E-state index in [0.717, 1.165) is 13.1 Å². The van der Waals surface area contributed by atoms with Crippen LogP contribution in [-0.2, 0) is 21.1 Å². The molecule has 0 spiro atoms. The first-order valence-electron chi connectivity index (χ1n) is 2.93. The van der Waals surface area contributed by atoms with Crippen LogP contribution in [0.3, 0.4) is 0 Å². The SMILES string of the molecule is [CH2-]CN(C)C[C-](C)C.[W+2]. The van der Waals surface area contributed by atoms with E-state index in [4.69, 9.17) is 0 Å². The topological polar surface area (TPSA) is 3.24 Å². The van der Waals surface area contributed by atoms with Crippen molar-refractivity contribution in [1.29, 1.82) is 0 Å². The maximum Gasteiger partial charge on any atom is 2.00 e. The summed E-state index contributed by atoms with van der Waals surface area (Å²) < 4.78 is 0. The Hall–Kier alpha value is 0.648. The molecule has 54 valence electrons. The maximum absolute atomic E-state index is 3.75. The van der Waals surface area contributed by atoms with Gasteiger partial charge in [0.05, 0.1) is 0 Å². The van der Waals surface area contributed by atoms with Crippen LogP contribution in [0.2, 0.25) is 0 Å². The van der Waals surface area contributed by atoms with Crippen molar-refractivity contribution in [1.82, 2.24) is 4.90 Å². The molecule has 0 unspecified atom stereocenters. The van der Waals surface area contributed by atoms with Gasteiger partial charge in [-0.3, -0.25) is 0 Å². The van der Waals surface area contributed by atoms with Gasteiger partial charge >= 0.3 is 21.1 Å². The van der Waals surface area contributed by atoms with Crippen molar-refractivity contribution in [2.24, 2.45) is 0 Å². The summed E-state index contributed by atoms with van der Waals surface area (Å²) in [5.74, 6) is 1.44. The van der Waals surface area contributed by atoms with Gasteiger partial charge in [-0.1, -0.05) is 0 Å². The molecule has 0 aliphatic rings. The van der Waals surface area contributed by atoms with Crippen LogP contribution in [0.15, 0.2) is 0 Å². The predicted octanol–water partition coefficient (Wildman–Crippen LogP) is 1.36. The van der Waals surface area contributed by atoms with Gasteiger partial charge in [0.1, 0.15) is 0 Å². The second kappa shape index (κ2) is 6.76. The monoisotopic (exact) mass is 297 g/mol. The van der Waals surface area contributed by atoms with E-state index in [-0.39, 0.29) is 21.1 Å². The molecular formula is C7H15NW. The molecule has 0 fully saturated rings. The second-order valence-electron chi connectivity index (χ2n) is 2.44. The molecule has 1 nitrogen and oxygen atoms in total. The van der Waals surface area contributed by atoms with Crippen LogP contribution >= 0.6 is 0 Å². The quantitative estimate of drug-likeness (QED) is 0.711. The number of rotatable bonds is 3. The summed E-state index contributed by atoms with van der Waals surface area (Å²) in [6.45, 7) is 9.98. The molecule has 0 aromatic carbocycles. The van der Waals surface area contributed by atoms with Crippen LogP contribution in [0.25, 0.3) is 0 Å². The standard InChI is InChI=1S/C7H15N.W/c1-5-8(4)6-7(2)3;/h1,5-6H2,2-4H3;/q-2;+2. The summed E-state index contributed by atoms with van der Waals surface area (Å²) in [5, 5.41) is 0. The molecule has 0 saturated carbocycles. The summed E-state index contributed by atoms with van der Waals surface area (Å²) in [5.41, 5.74) is 0. The van der Waals surface area contributed by atoms with Gasteiger partial charge in [0, 0.05) is 0 Å². The third-order valence-electron chi connectivity index (χ3n) is 0.968. The van der Waals surface area contributed by atoms with Crippen LogP contribution in [0.1, 0.15) is 13.8 Å². The Morgan fingerprint density at radius 3 is 2.00 bits per heavy atom. The molecule has 0 N–H and O–H groups in total. The molecule has 0 amide bonds. The van der Waals surface area contributed by atoms with Crippen molar-refractivity contribution in [3.05, 3.63) is 12.8 Å². The Morgan fingerprint density at radius 2 is 1.89 bits per heavy atom. The number of nitrogens with zero attached hydrogens (tertiary/aromatic N) is 1. The van der Waals surface area contributed by atoms with Gasteiger partial charge in [-0.2, -0.15) is 13.8 Å². The van der Waals surface area contributed by atoms with Crippen LogP contribution in [-0.4, -0.2) is 25.0 Å². The summed E-state index contributed by atoms with van der Waals surface area (Å²) >= 11 is 0. The van der Waals surface area contributed by atoms with E-state index >= 15 is 0 Å². The van der Waals surface area contributed by atoms with Crippen molar-refractivity contribution in [2.45, 2.75) is 13.8 Å². The minimum atomic E-state index is 0.